The number of carbonyl (C=O) groups is 2. The van der Waals surface area contributed by atoms with Gasteiger partial charge >= 0.3 is 5.69 Å². The topological polar surface area (TPSA) is 109 Å². The van der Waals surface area contributed by atoms with E-state index in [1.54, 1.807) is 9.13 Å². The van der Waals surface area contributed by atoms with Gasteiger partial charge in [-0.15, -0.1) is 0 Å². The van der Waals surface area contributed by atoms with Crippen LogP contribution in [0.2, 0.25) is 0 Å². The van der Waals surface area contributed by atoms with Crippen LogP contribution in [0, 0.1) is 0 Å². The van der Waals surface area contributed by atoms with Crippen LogP contribution >= 0.6 is 0 Å². The Hall–Kier alpha value is -3.43. The minimum Gasteiger partial charge on any atom is -0.292 e. The van der Waals surface area contributed by atoms with Crippen molar-refractivity contribution in [2.24, 2.45) is 0 Å². The summed E-state index contributed by atoms with van der Waals surface area (Å²) < 4.78 is 3.34. The zero-order chi connectivity index (χ0) is 22.5. The van der Waals surface area contributed by atoms with Gasteiger partial charge in [0.2, 0.25) is 5.91 Å². The maximum atomic E-state index is 12.8. The van der Waals surface area contributed by atoms with Gasteiger partial charge in [0, 0.05) is 25.6 Å². The van der Waals surface area contributed by atoms with Crippen LogP contribution in [0.3, 0.4) is 0 Å². The molecular weight excluding hydrogens is 408 g/mol. The highest BCUT2D eigenvalue weighted by atomic mass is 16.2. The summed E-state index contributed by atoms with van der Waals surface area (Å²) in [5.74, 6) is -0.677. The lowest BCUT2D eigenvalue weighted by molar-refractivity contribution is -0.130. The number of nitrogens with one attached hydrogen (secondary N) is 4. The van der Waals surface area contributed by atoms with Crippen molar-refractivity contribution in [2.45, 2.75) is 51.4 Å². The Morgan fingerprint density at radius 3 is 2.28 bits per heavy atom. The number of aromatic nitrogens is 2. The number of imidazole rings is 1. The largest absolute Gasteiger partial charge is 0.329 e. The Morgan fingerprint density at radius 2 is 1.59 bits per heavy atom. The van der Waals surface area contributed by atoms with Gasteiger partial charge in [-0.3, -0.25) is 29.6 Å². The summed E-state index contributed by atoms with van der Waals surface area (Å²) in [7, 11) is 0. The molecule has 0 radical (unpaired) electrons. The normalized spacial score (nSPS) is 18.0. The van der Waals surface area contributed by atoms with Gasteiger partial charge in [-0.25, -0.2) is 15.6 Å². The molecule has 2 unspecified atom stereocenters. The molecule has 9 heteroatoms. The first-order valence-electron chi connectivity index (χ1n) is 10.9. The van der Waals surface area contributed by atoms with E-state index in [1.165, 1.54) is 0 Å². The standard InChI is InChI=1S/C23H28N6O3/c1-2-13-28-19-10-6-7-11-20(19)29(23(28)32)14-12-21(30)26-27-22(31)18-15-17(24-25-18)16-8-4-3-5-9-16/h3-11,17-18,24-25H,2,12-15H2,1H3,(H,26,30)(H,27,31). The first-order chi connectivity index (χ1) is 15.6. The van der Waals surface area contributed by atoms with Gasteiger partial charge in [-0.1, -0.05) is 49.4 Å². The molecule has 1 aliphatic heterocycles. The molecule has 0 aliphatic carbocycles. The average molecular weight is 437 g/mol. The molecule has 2 aromatic carbocycles. The summed E-state index contributed by atoms with van der Waals surface area (Å²) in [4.78, 5) is 37.5. The monoisotopic (exact) mass is 436 g/mol. The molecule has 2 atom stereocenters. The fraction of sp³-hybridized carbons (Fsp3) is 0.348. The number of hydrogen-bond acceptors (Lipinski definition) is 5. The lowest BCUT2D eigenvalue weighted by Gasteiger charge is -2.12. The van der Waals surface area contributed by atoms with Crippen LogP contribution in [-0.2, 0) is 22.7 Å². The van der Waals surface area contributed by atoms with E-state index in [2.05, 4.69) is 21.7 Å². The number of hydrazine groups is 2. The Kier molecular flexibility index (Phi) is 6.67. The first-order valence-corrected chi connectivity index (χ1v) is 10.9. The summed E-state index contributed by atoms with van der Waals surface area (Å²) in [6, 6.07) is 17.0. The number of nitrogens with zero attached hydrogens (tertiary/aromatic N) is 2. The lowest BCUT2D eigenvalue weighted by atomic mass is 10.0. The highest BCUT2D eigenvalue weighted by molar-refractivity contribution is 5.85. The van der Waals surface area contributed by atoms with Crippen LogP contribution in [0.4, 0.5) is 0 Å². The molecule has 4 rings (SSSR count). The van der Waals surface area contributed by atoms with Crippen molar-refractivity contribution < 1.29 is 9.59 Å². The molecule has 1 fully saturated rings. The number of rotatable bonds is 7. The Bertz CT molecular complexity index is 1150. The molecule has 1 saturated heterocycles. The minimum atomic E-state index is -0.463. The average Bonchev–Trinajstić information content (AvgIpc) is 3.41. The second-order valence-corrected chi connectivity index (χ2v) is 7.90. The molecule has 2 heterocycles. The quantitative estimate of drug-likeness (QED) is 0.418. The smallest absolute Gasteiger partial charge is 0.292 e. The Balaban J connectivity index is 1.30. The lowest BCUT2D eigenvalue weighted by Crippen LogP contribution is -2.50. The van der Waals surface area contributed by atoms with Crippen molar-refractivity contribution in [3.8, 4) is 0 Å². The van der Waals surface area contributed by atoms with E-state index in [1.807, 2.05) is 61.5 Å². The van der Waals surface area contributed by atoms with Crippen LogP contribution in [0.1, 0.15) is 37.8 Å². The molecule has 0 saturated carbocycles. The van der Waals surface area contributed by atoms with Crippen molar-refractivity contribution in [1.29, 1.82) is 0 Å². The zero-order valence-corrected chi connectivity index (χ0v) is 18.0. The summed E-state index contributed by atoms with van der Waals surface area (Å²) in [6.45, 7) is 2.88. The van der Waals surface area contributed by atoms with Gasteiger partial charge in [-0.2, -0.15) is 0 Å². The Labute approximate surface area is 185 Å². The third kappa shape index (κ3) is 4.58. The van der Waals surface area contributed by atoms with Crippen molar-refractivity contribution in [3.05, 3.63) is 70.6 Å². The van der Waals surface area contributed by atoms with Crippen LogP contribution in [0.25, 0.3) is 11.0 Å². The molecule has 9 nitrogen and oxygen atoms in total. The van der Waals surface area contributed by atoms with E-state index in [-0.39, 0.29) is 36.5 Å². The molecule has 4 N–H and O–H groups in total. The second kappa shape index (κ2) is 9.80. The van der Waals surface area contributed by atoms with E-state index in [0.29, 0.717) is 13.0 Å². The molecule has 32 heavy (non-hydrogen) atoms. The fourth-order valence-corrected chi connectivity index (χ4v) is 4.05. The summed E-state index contributed by atoms with van der Waals surface area (Å²) in [5, 5.41) is 0. The maximum Gasteiger partial charge on any atom is 0.329 e. The van der Waals surface area contributed by atoms with Crippen molar-refractivity contribution in [2.75, 3.05) is 0 Å². The summed E-state index contributed by atoms with van der Waals surface area (Å²) in [5.41, 5.74) is 13.6. The van der Waals surface area contributed by atoms with Crippen molar-refractivity contribution >= 4 is 22.8 Å². The van der Waals surface area contributed by atoms with Gasteiger partial charge in [-0.05, 0) is 30.5 Å². The molecule has 0 bridgehead atoms. The third-order valence-corrected chi connectivity index (χ3v) is 5.68. The third-order valence-electron chi connectivity index (χ3n) is 5.68. The predicted octanol–water partition coefficient (Wildman–Crippen LogP) is 1.36. The molecule has 1 aromatic heterocycles. The van der Waals surface area contributed by atoms with Crippen molar-refractivity contribution in [3.63, 3.8) is 0 Å². The Morgan fingerprint density at radius 1 is 0.938 bits per heavy atom. The second-order valence-electron chi connectivity index (χ2n) is 7.90. The van der Waals surface area contributed by atoms with E-state index >= 15 is 0 Å². The van der Waals surface area contributed by atoms with Gasteiger partial charge in [0.25, 0.3) is 5.91 Å². The number of carbonyl (C=O) groups excluding carboxylic acids is 2. The number of hydrogen-bond donors (Lipinski definition) is 4. The van der Waals surface area contributed by atoms with Gasteiger partial charge < -0.3 is 0 Å². The molecule has 168 valence electrons. The molecule has 3 aromatic rings. The van der Waals surface area contributed by atoms with Crippen LogP contribution in [0.5, 0.6) is 0 Å². The van der Waals surface area contributed by atoms with Gasteiger partial charge in [0.15, 0.2) is 0 Å². The maximum absolute atomic E-state index is 12.8. The molecule has 2 amide bonds. The van der Waals surface area contributed by atoms with E-state index < -0.39 is 6.04 Å². The van der Waals surface area contributed by atoms with E-state index in [0.717, 1.165) is 23.0 Å². The summed E-state index contributed by atoms with van der Waals surface area (Å²) >= 11 is 0. The van der Waals surface area contributed by atoms with Gasteiger partial charge in [0.05, 0.1) is 11.0 Å². The van der Waals surface area contributed by atoms with Crippen LogP contribution < -0.4 is 27.4 Å². The van der Waals surface area contributed by atoms with E-state index in [4.69, 9.17) is 0 Å². The number of fused-ring (bicyclic) bond motifs is 1. The van der Waals surface area contributed by atoms with Gasteiger partial charge in [0.1, 0.15) is 6.04 Å². The van der Waals surface area contributed by atoms with Crippen molar-refractivity contribution in [1.82, 2.24) is 30.8 Å². The van der Waals surface area contributed by atoms with E-state index in [9.17, 15) is 14.4 Å². The number of para-hydroxylation sites is 2. The first kappa shape index (κ1) is 21.8. The molecule has 1 aliphatic rings. The minimum absolute atomic E-state index is 0.0231. The number of benzene rings is 2. The van der Waals surface area contributed by atoms with Crippen LogP contribution in [0.15, 0.2) is 59.4 Å². The summed E-state index contributed by atoms with van der Waals surface area (Å²) in [6.07, 6.45) is 1.48. The molecular formula is C23H28N6O3. The highest BCUT2D eigenvalue weighted by Crippen LogP contribution is 2.21. The highest BCUT2D eigenvalue weighted by Gasteiger charge is 2.30. The number of aryl methyl sites for hydroxylation is 2. The molecule has 0 spiro atoms. The van der Waals surface area contributed by atoms with Crippen LogP contribution in [-0.4, -0.2) is 27.0 Å². The zero-order valence-electron chi connectivity index (χ0n) is 18.0. The number of amides is 2. The predicted molar refractivity (Wildman–Crippen MR) is 121 cm³/mol. The SMILES string of the molecule is CCCn1c(=O)n(CCC(=O)NNC(=O)C2CC(c3ccccc3)NN2)c2ccccc21. The fourth-order valence-electron chi connectivity index (χ4n) is 4.05.